The monoisotopic (exact) mass is 311 g/mol. The topological polar surface area (TPSA) is 22.1 Å². The predicted octanol–water partition coefficient (Wildman–Crippen LogP) is 5.62. The highest BCUT2D eigenvalue weighted by molar-refractivity contribution is 7.21. The molecular weight excluding hydrogens is 290 g/mol. The summed E-state index contributed by atoms with van der Waals surface area (Å²) in [5.74, 6) is 0.921. The third kappa shape index (κ3) is 2.86. The van der Waals surface area contributed by atoms with Crippen LogP contribution in [0.3, 0.4) is 0 Å². The van der Waals surface area contributed by atoms with Gasteiger partial charge in [-0.05, 0) is 49.1 Å². The molecule has 22 heavy (non-hydrogen) atoms. The largest absolute Gasteiger partial charge is 0.496 e. The number of hydrogen-bond donors (Lipinski definition) is 0. The number of fused-ring (bicyclic) bond motifs is 1. The van der Waals surface area contributed by atoms with E-state index >= 15 is 0 Å². The van der Waals surface area contributed by atoms with Crippen molar-refractivity contribution in [1.29, 1.82) is 0 Å². The molecule has 3 aromatic rings. The Morgan fingerprint density at radius 1 is 1.18 bits per heavy atom. The van der Waals surface area contributed by atoms with Gasteiger partial charge in [0.1, 0.15) is 10.8 Å². The molecule has 0 unspecified atom stereocenters. The van der Waals surface area contributed by atoms with Crippen LogP contribution in [0.15, 0.2) is 36.4 Å². The Balaban J connectivity index is 2.14. The maximum atomic E-state index is 5.61. The number of nitrogens with zero attached hydrogens (tertiary/aromatic N) is 1. The van der Waals surface area contributed by atoms with Crippen LogP contribution in [0.1, 0.15) is 30.9 Å². The number of benzene rings is 2. The van der Waals surface area contributed by atoms with Crippen molar-refractivity contribution < 1.29 is 4.74 Å². The molecule has 0 radical (unpaired) electrons. The SMILES string of the molecule is CCCCc1cccc(OC)c1-c1nc2ccc(C)cc2s1. The fourth-order valence-electron chi connectivity index (χ4n) is 2.70. The third-order valence-corrected chi connectivity index (χ3v) is 4.93. The number of aryl methyl sites for hydroxylation is 2. The Labute approximate surface area is 135 Å². The minimum Gasteiger partial charge on any atom is -0.496 e. The summed E-state index contributed by atoms with van der Waals surface area (Å²) in [6, 6.07) is 12.7. The fraction of sp³-hybridized carbons (Fsp3) is 0.316. The molecule has 3 rings (SSSR count). The molecule has 0 fully saturated rings. The lowest BCUT2D eigenvalue weighted by Gasteiger charge is -2.11. The van der Waals surface area contributed by atoms with Gasteiger partial charge < -0.3 is 4.74 Å². The molecule has 0 atom stereocenters. The molecule has 0 N–H and O–H groups in total. The highest BCUT2D eigenvalue weighted by Crippen LogP contribution is 2.38. The van der Waals surface area contributed by atoms with Crippen LogP contribution in [0.4, 0.5) is 0 Å². The summed E-state index contributed by atoms with van der Waals surface area (Å²) in [4.78, 5) is 4.84. The van der Waals surface area contributed by atoms with Crippen LogP contribution in [-0.2, 0) is 6.42 Å². The number of ether oxygens (including phenoxy) is 1. The van der Waals surface area contributed by atoms with E-state index in [1.165, 1.54) is 28.7 Å². The number of hydrogen-bond acceptors (Lipinski definition) is 3. The smallest absolute Gasteiger partial charge is 0.129 e. The third-order valence-electron chi connectivity index (χ3n) is 3.89. The van der Waals surface area contributed by atoms with Gasteiger partial charge in [0, 0.05) is 0 Å². The van der Waals surface area contributed by atoms with Gasteiger partial charge in [-0.2, -0.15) is 0 Å². The molecule has 2 aromatic carbocycles. The van der Waals surface area contributed by atoms with Crippen LogP contribution in [0.2, 0.25) is 0 Å². The molecule has 3 heteroatoms. The van der Waals surface area contributed by atoms with Crippen molar-refractivity contribution in [3.8, 4) is 16.3 Å². The van der Waals surface area contributed by atoms with Crippen molar-refractivity contribution in [2.75, 3.05) is 7.11 Å². The highest BCUT2D eigenvalue weighted by atomic mass is 32.1. The Morgan fingerprint density at radius 3 is 2.82 bits per heavy atom. The van der Waals surface area contributed by atoms with E-state index in [9.17, 15) is 0 Å². The lowest BCUT2D eigenvalue weighted by Crippen LogP contribution is -1.94. The van der Waals surface area contributed by atoms with Gasteiger partial charge >= 0.3 is 0 Å². The lowest BCUT2D eigenvalue weighted by atomic mass is 10.0. The maximum absolute atomic E-state index is 5.61. The predicted molar refractivity (Wildman–Crippen MR) is 95.0 cm³/mol. The zero-order valence-electron chi connectivity index (χ0n) is 13.3. The lowest BCUT2D eigenvalue weighted by molar-refractivity contribution is 0.416. The normalized spacial score (nSPS) is 11.0. The molecule has 0 saturated carbocycles. The van der Waals surface area contributed by atoms with E-state index < -0.39 is 0 Å². The quantitative estimate of drug-likeness (QED) is 0.610. The minimum absolute atomic E-state index is 0.921. The van der Waals surface area contributed by atoms with Crippen molar-refractivity contribution in [3.63, 3.8) is 0 Å². The van der Waals surface area contributed by atoms with E-state index in [2.05, 4.69) is 44.2 Å². The second-order valence-electron chi connectivity index (χ2n) is 5.59. The minimum atomic E-state index is 0.921. The van der Waals surface area contributed by atoms with Crippen LogP contribution < -0.4 is 4.74 Å². The summed E-state index contributed by atoms with van der Waals surface area (Å²) in [5, 5.41) is 1.06. The summed E-state index contributed by atoms with van der Waals surface area (Å²) in [6.45, 7) is 4.34. The van der Waals surface area contributed by atoms with Crippen LogP contribution >= 0.6 is 11.3 Å². The summed E-state index contributed by atoms with van der Waals surface area (Å²) in [5.41, 5.74) is 4.83. The molecule has 0 aliphatic rings. The fourth-order valence-corrected chi connectivity index (χ4v) is 3.85. The molecule has 0 bridgehead atoms. The van der Waals surface area contributed by atoms with Gasteiger partial charge in [-0.3, -0.25) is 0 Å². The average Bonchev–Trinajstić information content (AvgIpc) is 2.94. The van der Waals surface area contributed by atoms with Gasteiger partial charge in [-0.25, -0.2) is 4.98 Å². The Morgan fingerprint density at radius 2 is 2.05 bits per heavy atom. The van der Waals surface area contributed by atoms with Crippen LogP contribution in [0.5, 0.6) is 5.75 Å². The van der Waals surface area contributed by atoms with Gasteiger partial charge in [0.25, 0.3) is 0 Å². The first-order chi connectivity index (χ1) is 10.7. The number of methoxy groups -OCH3 is 1. The Bertz CT molecular complexity index is 791. The molecule has 2 nitrogen and oxygen atoms in total. The highest BCUT2D eigenvalue weighted by Gasteiger charge is 2.15. The first kappa shape index (κ1) is 15.0. The second-order valence-corrected chi connectivity index (χ2v) is 6.62. The molecule has 0 saturated heterocycles. The number of aromatic nitrogens is 1. The van der Waals surface area contributed by atoms with E-state index in [4.69, 9.17) is 9.72 Å². The van der Waals surface area contributed by atoms with Gasteiger partial charge in [0.2, 0.25) is 0 Å². The first-order valence-electron chi connectivity index (χ1n) is 7.76. The van der Waals surface area contributed by atoms with Crippen molar-refractivity contribution in [2.24, 2.45) is 0 Å². The summed E-state index contributed by atoms with van der Waals surface area (Å²) in [6.07, 6.45) is 3.44. The average molecular weight is 311 g/mol. The number of unbranched alkanes of at least 4 members (excludes halogenated alkanes) is 1. The van der Waals surface area contributed by atoms with Crippen molar-refractivity contribution >= 4 is 21.6 Å². The van der Waals surface area contributed by atoms with Crippen molar-refractivity contribution in [1.82, 2.24) is 4.98 Å². The molecule has 0 aliphatic carbocycles. The standard InChI is InChI=1S/C19H21NOS/c1-4-5-7-14-8-6-9-16(21-3)18(14)19-20-15-11-10-13(2)12-17(15)22-19/h6,8-12H,4-5,7H2,1-3H3. The van der Waals surface area contributed by atoms with E-state index in [1.54, 1.807) is 18.4 Å². The van der Waals surface area contributed by atoms with E-state index in [-0.39, 0.29) is 0 Å². The number of thiazole rings is 1. The van der Waals surface area contributed by atoms with Crippen molar-refractivity contribution in [3.05, 3.63) is 47.5 Å². The van der Waals surface area contributed by atoms with Gasteiger partial charge in [0.05, 0.1) is 22.9 Å². The molecule has 0 aliphatic heterocycles. The summed E-state index contributed by atoms with van der Waals surface area (Å²) < 4.78 is 6.85. The van der Waals surface area contributed by atoms with E-state index in [1.807, 2.05) is 6.07 Å². The summed E-state index contributed by atoms with van der Waals surface area (Å²) >= 11 is 1.75. The molecule has 114 valence electrons. The van der Waals surface area contributed by atoms with Crippen LogP contribution in [0.25, 0.3) is 20.8 Å². The van der Waals surface area contributed by atoms with Gasteiger partial charge in [-0.15, -0.1) is 11.3 Å². The molecule has 0 amide bonds. The van der Waals surface area contributed by atoms with Gasteiger partial charge in [0.15, 0.2) is 0 Å². The van der Waals surface area contributed by atoms with Crippen LogP contribution in [-0.4, -0.2) is 12.1 Å². The Kier molecular flexibility index (Phi) is 4.44. The number of rotatable bonds is 5. The zero-order chi connectivity index (χ0) is 15.5. The molecule has 1 heterocycles. The second kappa shape index (κ2) is 6.49. The van der Waals surface area contributed by atoms with Gasteiger partial charge in [-0.1, -0.05) is 31.5 Å². The molecular formula is C19H21NOS. The van der Waals surface area contributed by atoms with E-state index in [0.717, 1.165) is 28.3 Å². The van der Waals surface area contributed by atoms with Crippen molar-refractivity contribution in [2.45, 2.75) is 33.1 Å². The summed E-state index contributed by atoms with van der Waals surface area (Å²) in [7, 11) is 1.74. The maximum Gasteiger partial charge on any atom is 0.129 e. The zero-order valence-corrected chi connectivity index (χ0v) is 14.2. The van der Waals surface area contributed by atoms with E-state index in [0.29, 0.717) is 0 Å². The Hall–Kier alpha value is -1.87. The first-order valence-corrected chi connectivity index (χ1v) is 8.58. The van der Waals surface area contributed by atoms with Crippen LogP contribution in [0, 0.1) is 6.92 Å². The molecule has 0 spiro atoms. The molecule has 1 aromatic heterocycles.